The fraction of sp³-hybridized carbons (Fsp3) is 0.778. The number of nitrogens with zero attached hydrogens (tertiary/aromatic N) is 1. The Bertz CT molecular complexity index is 219. The van der Waals surface area contributed by atoms with E-state index in [2.05, 4.69) is 10.8 Å². The van der Waals surface area contributed by atoms with Crippen molar-refractivity contribution in [2.24, 2.45) is 0 Å². The van der Waals surface area contributed by atoms with Gasteiger partial charge in [0.1, 0.15) is 6.54 Å². The van der Waals surface area contributed by atoms with E-state index in [0.29, 0.717) is 0 Å². The van der Waals surface area contributed by atoms with E-state index in [1.165, 1.54) is 12.8 Å². The molecule has 0 unspecified atom stereocenters. The Morgan fingerprint density at radius 3 is 2.86 bits per heavy atom. The second-order valence-electron chi connectivity index (χ2n) is 3.28. The first-order valence-corrected chi connectivity index (χ1v) is 4.85. The number of rotatable bonds is 5. The molecule has 0 aliphatic heterocycles. The lowest BCUT2D eigenvalue weighted by atomic mass is 10.3. The van der Waals surface area contributed by atoms with Crippen molar-refractivity contribution in [3.05, 3.63) is 0 Å². The van der Waals surface area contributed by atoms with Crippen molar-refractivity contribution >= 4 is 5.91 Å². The molecule has 0 heterocycles. The zero-order valence-corrected chi connectivity index (χ0v) is 8.08. The standard InChI is InChI=1S/C9H15N3O2/c10-5-6-11-9(13)7-12-14-8-3-1-2-4-8/h8,12H,1-4,6-7H2,(H,11,13). The molecule has 0 spiro atoms. The maximum Gasteiger partial charge on any atom is 0.237 e. The van der Waals surface area contributed by atoms with Crippen LogP contribution in [0.1, 0.15) is 25.7 Å². The van der Waals surface area contributed by atoms with Crippen LogP contribution in [0.3, 0.4) is 0 Å². The average Bonchev–Trinajstić information content (AvgIpc) is 2.67. The largest absolute Gasteiger partial charge is 0.342 e. The van der Waals surface area contributed by atoms with Gasteiger partial charge in [0.25, 0.3) is 0 Å². The Morgan fingerprint density at radius 1 is 1.50 bits per heavy atom. The second kappa shape index (κ2) is 6.35. The maximum atomic E-state index is 11.0. The third-order valence-electron chi connectivity index (χ3n) is 2.15. The number of hydrogen-bond donors (Lipinski definition) is 2. The molecule has 0 aromatic heterocycles. The van der Waals surface area contributed by atoms with Crippen LogP contribution < -0.4 is 10.8 Å². The Kier molecular flexibility index (Phi) is 4.97. The highest BCUT2D eigenvalue weighted by Gasteiger charge is 2.15. The van der Waals surface area contributed by atoms with Gasteiger partial charge in [0.15, 0.2) is 0 Å². The topological polar surface area (TPSA) is 74.2 Å². The Hall–Kier alpha value is -1.12. The van der Waals surface area contributed by atoms with Crippen LogP contribution in [0, 0.1) is 11.3 Å². The molecule has 1 aliphatic rings. The van der Waals surface area contributed by atoms with E-state index in [-0.39, 0.29) is 25.1 Å². The first-order valence-electron chi connectivity index (χ1n) is 4.85. The second-order valence-corrected chi connectivity index (χ2v) is 3.28. The molecular weight excluding hydrogens is 182 g/mol. The molecule has 1 rings (SSSR count). The summed E-state index contributed by atoms with van der Waals surface area (Å²) in [6.45, 7) is 0.155. The fourth-order valence-electron chi connectivity index (χ4n) is 1.43. The number of nitriles is 1. The third-order valence-corrected chi connectivity index (χ3v) is 2.15. The number of hydrogen-bond acceptors (Lipinski definition) is 4. The summed E-state index contributed by atoms with van der Waals surface area (Å²) in [6.07, 6.45) is 4.78. The van der Waals surface area contributed by atoms with Gasteiger partial charge in [-0.3, -0.25) is 9.63 Å². The van der Waals surface area contributed by atoms with Crippen LogP contribution in [0.5, 0.6) is 0 Å². The van der Waals surface area contributed by atoms with Crippen molar-refractivity contribution in [3.8, 4) is 6.07 Å². The predicted octanol–water partition coefficient (Wildman–Crippen LogP) is 0.0900. The summed E-state index contributed by atoms with van der Waals surface area (Å²) >= 11 is 0. The molecule has 5 heteroatoms. The molecule has 0 atom stereocenters. The van der Waals surface area contributed by atoms with Crippen LogP contribution >= 0.6 is 0 Å². The highest BCUT2D eigenvalue weighted by molar-refractivity contribution is 5.78. The fourth-order valence-corrected chi connectivity index (χ4v) is 1.43. The van der Waals surface area contributed by atoms with Gasteiger partial charge in [-0.15, -0.1) is 0 Å². The van der Waals surface area contributed by atoms with Gasteiger partial charge in [-0.25, -0.2) is 0 Å². The van der Waals surface area contributed by atoms with Crippen LogP contribution in [0.25, 0.3) is 0 Å². The number of carbonyl (C=O) groups is 1. The van der Waals surface area contributed by atoms with E-state index in [9.17, 15) is 4.79 Å². The van der Waals surface area contributed by atoms with Crippen LogP contribution in [0.4, 0.5) is 0 Å². The van der Waals surface area contributed by atoms with E-state index in [1.54, 1.807) is 0 Å². The predicted molar refractivity (Wildman–Crippen MR) is 50.0 cm³/mol. The molecule has 1 aliphatic carbocycles. The lowest BCUT2D eigenvalue weighted by molar-refractivity contribution is -0.123. The monoisotopic (exact) mass is 197 g/mol. The zero-order chi connectivity index (χ0) is 10.2. The van der Waals surface area contributed by atoms with Crippen molar-refractivity contribution in [3.63, 3.8) is 0 Å². The SMILES string of the molecule is N#CCNC(=O)CNOC1CCCC1. The molecule has 0 bridgehead atoms. The van der Waals surface area contributed by atoms with Crippen molar-refractivity contribution in [1.82, 2.24) is 10.8 Å². The van der Waals surface area contributed by atoms with E-state index in [4.69, 9.17) is 10.1 Å². The molecule has 0 saturated heterocycles. The van der Waals surface area contributed by atoms with Crippen molar-refractivity contribution in [1.29, 1.82) is 5.26 Å². The lowest BCUT2D eigenvalue weighted by Gasteiger charge is -2.10. The summed E-state index contributed by atoms with van der Waals surface area (Å²) in [5, 5.41) is 10.6. The van der Waals surface area contributed by atoms with Gasteiger partial charge in [-0.05, 0) is 12.8 Å². The average molecular weight is 197 g/mol. The molecule has 78 valence electrons. The Balaban J connectivity index is 1.97. The van der Waals surface area contributed by atoms with Gasteiger partial charge in [-0.1, -0.05) is 12.8 Å². The molecule has 0 aromatic rings. The highest BCUT2D eigenvalue weighted by atomic mass is 16.7. The number of amides is 1. The van der Waals surface area contributed by atoms with Crippen molar-refractivity contribution in [2.75, 3.05) is 13.1 Å². The zero-order valence-electron chi connectivity index (χ0n) is 8.08. The summed E-state index contributed by atoms with van der Waals surface area (Å²) in [5.74, 6) is -0.218. The summed E-state index contributed by atoms with van der Waals surface area (Å²) < 4.78 is 0. The first kappa shape index (κ1) is 11.0. The summed E-state index contributed by atoms with van der Waals surface area (Å²) in [5.41, 5.74) is 2.61. The summed E-state index contributed by atoms with van der Waals surface area (Å²) in [7, 11) is 0. The number of nitrogens with one attached hydrogen (secondary N) is 2. The molecular formula is C9H15N3O2. The normalized spacial score (nSPS) is 16.5. The van der Waals surface area contributed by atoms with Gasteiger partial charge in [0.05, 0.1) is 18.7 Å². The van der Waals surface area contributed by atoms with Crippen LogP contribution in [-0.4, -0.2) is 25.1 Å². The summed E-state index contributed by atoms with van der Waals surface area (Å²) in [6, 6.07) is 1.83. The van der Waals surface area contributed by atoms with E-state index in [0.717, 1.165) is 12.8 Å². The van der Waals surface area contributed by atoms with Crippen molar-refractivity contribution < 1.29 is 9.63 Å². The molecule has 1 amide bonds. The maximum absolute atomic E-state index is 11.0. The van der Waals surface area contributed by atoms with Crippen molar-refractivity contribution in [2.45, 2.75) is 31.8 Å². The first-order chi connectivity index (χ1) is 6.83. The van der Waals surface area contributed by atoms with Gasteiger partial charge in [0, 0.05) is 0 Å². The van der Waals surface area contributed by atoms with Gasteiger partial charge < -0.3 is 5.32 Å². The van der Waals surface area contributed by atoms with E-state index in [1.807, 2.05) is 6.07 Å². The molecule has 0 radical (unpaired) electrons. The quantitative estimate of drug-likeness (QED) is 0.484. The number of hydroxylamine groups is 1. The van der Waals surface area contributed by atoms with Crippen LogP contribution in [-0.2, 0) is 9.63 Å². The summed E-state index contributed by atoms with van der Waals surface area (Å²) in [4.78, 5) is 16.2. The van der Waals surface area contributed by atoms with Gasteiger partial charge in [-0.2, -0.15) is 10.7 Å². The van der Waals surface area contributed by atoms with E-state index >= 15 is 0 Å². The van der Waals surface area contributed by atoms with E-state index < -0.39 is 0 Å². The molecule has 5 nitrogen and oxygen atoms in total. The highest BCUT2D eigenvalue weighted by Crippen LogP contribution is 2.19. The minimum atomic E-state index is -0.218. The minimum Gasteiger partial charge on any atom is -0.342 e. The molecule has 0 aromatic carbocycles. The molecule has 14 heavy (non-hydrogen) atoms. The number of carbonyl (C=O) groups excluding carboxylic acids is 1. The van der Waals surface area contributed by atoms with Crippen LogP contribution in [0.15, 0.2) is 0 Å². The third kappa shape index (κ3) is 4.21. The molecule has 1 fully saturated rings. The molecule has 2 N–H and O–H groups in total. The minimum absolute atomic E-state index is 0.0456. The van der Waals surface area contributed by atoms with Gasteiger partial charge >= 0.3 is 0 Å². The lowest BCUT2D eigenvalue weighted by Crippen LogP contribution is -2.35. The van der Waals surface area contributed by atoms with Crippen LogP contribution in [0.2, 0.25) is 0 Å². The van der Waals surface area contributed by atoms with Gasteiger partial charge in [0.2, 0.25) is 5.91 Å². The smallest absolute Gasteiger partial charge is 0.237 e. The Morgan fingerprint density at radius 2 is 2.21 bits per heavy atom. The Labute approximate surface area is 83.4 Å². The molecule has 1 saturated carbocycles.